The number of hydrogen-bond donors (Lipinski definition) is 1. The molecule has 0 aliphatic carbocycles. The van der Waals surface area contributed by atoms with Crippen molar-refractivity contribution in [3.05, 3.63) is 35.0 Å². The van der Waals surface area contributed by atoms with E-state index in [4.69, 9.17) is 11.6 Å². The van der Waals surface area contributed by atoms with Gasteiger partial charge in [-0.3, -0.25) is 4.68 Å². The first kappa shape index (κ1) is 15.5. The van der Waals surface area contributed by atoms with Gasteiger partial charge in [-0.05, 0) is 24.6 Å². The van der Waals surface area contributed by atoms with Gasteiger partial charge in [0.25, 0.3) is 0 Å². The van der Waals surface area contributed by atoms with E-state index in [1.165, 1.54) is 12.8 Å². The molecule has 0 radical (unpaired) electrons. The maximum atomic E-state index is 10.0. The maximum Gasteiger partial charge on any atom is 0.125 e. The first-order chi connectivity index (χ1) is 10.1. The van der Waals surface area contributed by atoms with Gasteiger partial charge in [-0.1, -0.05) is 43.2 Å². The number of rotatable bonds is 4. The molecule has 1 heterocycles. The molecule has 0 atom stereocenters. The Bertz CT molecular complexity index is 680. The molecule has 0 aliphatic rings. The Balaban J connectivity index is 2.30. The Kier molecular flexibility index (Phi) is 5.30. The van der Waals surface area contributed by atoms with Crippen LogP contribution in [0.1, 0.15) is 38.2 Å². The monoisotopic (exact) mass is 302 g/mol. The molecule has 1 aromatic carbocycles. The van der Waals surface area contributed by atoms with E-state index in [9.17, 15) is 5.11 Å². The Morgan fingerprint density at radius 2 is 2.14 bits per heavy atom. The van der Waals surface area contributed by atoms with Crippen LogP contribution in [0.2, 0.25) is 5.02 Å². The number of aromatic hydroxyl groups is 1. The molecule has 0 saturated carbocycles. The third kappa shape index (κ3) is 4.03. The maximum absolute atomic E-state index is 10.0. The minimum Gasteiger partial charge on any atom is -0.507 e. The summed E-state index contributed by atoms with van der Waals surface area (Å²) in [5, 5.41) is 15.0. The molecule has 0 unspecified atom stereocenters. The molecule has 21 heavy (non-hydrogen) atoms. The van der Waals surface area contributed by atoms with E-state index in [1.54, 1.807) is 22.9 Å². The summed E-state index contributed by atoms with van der Waals surface area (Å²) in [5.74, 6) is 6.49. The van der Waals surface area contributed by atoms with Gasteiger partial charge < -0.3 is 5.11 Å². The summed E-state index contributed by atoms with van der Waals surface area (Å²) >= 11 is 6.01. The first-order valence-corrected chi connectivity index (χ1v) is 7.51. The van der Waals surface area contributed by atoms with Gasteiger partial charge in [0.1, 0.15) is 11.4 Å². The van der Waals surface area contributed by atoms with Crippen molar-refractivity contribution in [1.29, 1.82) is 0 Å². The van der Waals surface area contributed by atoms with E-state index in [0.717, 1.165) is 18.4 Å². The van der Waals surface area contributed by atoms with Gasteiger partial charge in [-0.15, -0.1) is 0 Å². The van der Waals surface area contributed by atoms with E-state index >= 15 is 0 Å². The van der Waals surface area contributed by atoms with Gasteiger partial charge in [0.2, 0.25) is 0 Å². The van der Waals surface area contributed by atoms with Crippen LogP contribution in [0.4, 0.5) is 0 Å². The molecule has 3 nitrogen and oxygen atoms in total. The molecule has 1 N–H and O–H groups in total. The number of benzene rings is 1. The molecule has 0 amide bonds. The summed E-state index contributed by atoms with van der Waals surface area (Å²) in [7, 11) is 1.84. The lowest BCUT2D eigenvalue weighted by Gasteiger charge is -2.02. The lowest BCUT2D eigenvalue weighted by molar-refractivity contribution is 0.477. The fourth-order valence-corrected chi connectivity index (χ4v) is 2.27. The van der Waals surface area contributed by atoms with Gasteiger partial charge in [0.05, 0.1) is 5.56 Å². The van der Waals surface area contributed by atoms with E-state index in [-0.39, 0.29) is 5.75 Å². The second kappa shape index (κ2) is 7.19. The Labute approximate surface area is 130 Å². The van der Waals surface area contributed by atoms with Crippen molar-refractivity contribution in [3.63, 3.8) is 0 Å². The minimum atomic E-state index is 0.159. The first-order valence-electron chi connectivity index (χ1n) is 7.13. The third-order valence-corrected chi connectivity index (χ3v) is 3.41. The van der Waals surface area contributed by atoms with Crippen LogP contribution < -0.4 is 0 Å². The van der Waals surface area contributed by atoms with Gasteiger partial charge >= 0.3 is 0 Å². The molecule has 0 saturated heterocycles. The topological polar surface area (TPSA) is 38.0 Å². The number of aromatic nitrogens is 2. The number of hydrogen-bond acceptors (Lipinski definition) is 2. The number of halogens is 1. The van der Waals surface area contributed by atoms with Crippen LogP contribution in [-0.2, 0) is 7.05 Å². The van der Waals surface area contributed by atoms with E-state index < -0.39 is 0 Å². The summed E-state index contributed by atoms with van der Waals surface area (Å²) < 4.78 is 1.70. The molecule has 0 fully saturated rings. The molecule has 0 spiro atoms. The zero-order chi connectivity index (χ0) is 15.2. The average Bonchev–Trinajstić information content (AvgIpc) is 2.82. The van der Waals surface area contributed by atoms with Gasteiger partial charge in [0, 0.05) is 30.3 Å². The Morgan fingerprint density at radius 3 is 2.90 bits per heavy atom. The highest BCUT2D eigenvalue weighted by Gasteiger charge is 2.13. The van der Waals surface area contributed by atoms with Crippen LogP contribution in [0.3, 0.4) is 0 Å². The van der Waals surface area contributed by atoms with Crippen LogP contribution in [0, 0.1) is 11.8 Å². The number of phenols is 1. The van der Waals surface area contributed by atoms with Crippen LogP contribution >= 0.6 is 11.6 Å². The molecule has 110 valence electrons. The third-order valence-electron chi connectivity index (χ3n) is 3.17. The predicted molar refractivity (Wildman–Crippen MR) is 86.3 cm³/mol. The number of unbranched alkanes of at least 4 members (excludes halogenated alkanes) is 3. The van der Waals surface area contributed by atoms with Crippen molar-refractivity contribution >= 4 is 11.6 Å². The minimum absolute atomic E-state index is 0.159. The zero-order valence-corrected chi connectivity index (χ0v) is 13.1. The summed E-state index contributed by atoms with van der Waals surface area (Å²) in [4.78, 5) is 0. The fraction of sp³-hybridized carbons (Fsp3) is 0.353. The van der Waals surface area contributed by atoms with Crippen molar-refractivity contribution in [2.75, 3.05) is 0 Å². The molecular formula is C17H19ClN2O. The highest BCUT2D eigenvalue weighted by atomic mass is 35.5. The summed E-state index contributed by atoms with van der Waals surface area (Å²) in [6.07, 6.45) is 6.24. The largest absolute Gasteiger partial charge is 0.507 e. The van der Waals surface area contributed by atoms with Crippen LogP contribution in [0.25, 0.3) is 11.3 Å². The van der Waals surface area contributed by atoms with E-state index in [0.29, 0.717) is 16.3 Å². The lowest BCUT2D eigenvalue weighted by atomic mass is 10.1. The van der Waals surface area contributed by atoms with Crippen LogP contribution in [-0.4, -0.2) is 14.9 Å². The average molecular weight is 303 g/mol. The highest BCUT2D eigenvalue weighted by Crippen LogP contribution is 2.32. The van der Waals surface area contributed by atoms with E-state index in [2.05, 4.69) is 23.9 Å². The quantitative estimate of drug-likeness (QED) is 0.672. The molecular weight excluding hydrogens is 284 g/mol. The fourth-order valence-electron chi connectivity index (χ4n) is 2.10. The van der Waals surface area contributed by atoms with Crippen molar-refractivity contribution in [2.24, 2.45) is 7.05 Å². The molecule has 1 aromatic heterocycles. The predicted octanol–water partition coefficient (Wildman–Crippen LogP) is 4.38. The summed E-state index contributed by atoms with van der Waals surface area (Å²) in [6.45, 7) is 2.18. The van der Waals surface area contributed by atoms with Crippen LogP contribution in [0.15, 0.2) is 24.4 Å². The van der Waals surface area contributed by atoms with Gasteiger partial charge in [0.15, 0.2) is 0 Å². The van der Waals surface area contributed by atoms with Crippen molar-refractivity contribution in [3.8, 4) is 28.8 Å². The molecule has 0 aliphatic heterocycles. The molecule has 4 heteroatoms. The number of aryl methyl sites for hydroxylation is 1. The van der Waals surface area contributed by atoms with Gasteiger partial charge in [-0.25, -0.2) is 0 Å². The van der Waals surface area contributed by atoms with Gasteiger partial charge in [-0.2, -0.15) is 5.10 Å². The van der Waals surface area contributed by atoms with Crippen LogP contribution in [0.5, 0.6) is 5.75 Å². The smallest absolute Gasteiger partial charge is 0.125 e. The summed E-state index contributed by atoms with van der Waals surface area (Å²) in [6, 6.07) is 4.94. The molecule has 0 bridgehead atoms. The molecule has 2 aromatic rings. The summed E-state index contributed by atoms with van der Waals surface area (Å²) in [5.41, 5.74) is 2.09. The Hall–Kier alpha value is -1.92. The SMILES string of the molecule is CCCCCC#Cc1cn(C)nc1-c1cc(Cl)ccc1O. The number of nitrogens with zero attached hydrogens (tertiary/aromatic N) is 2. The lowest BCUT2D eigenvalue weighted by Crippen LogP contribution is -1.88. The second-order valence-electron chi connectivity index (χ2n) is 4.99. The van der Waals surface area contributed by atoms with E-state index in [1.807, 2.05) is 13.2 Å². The Morgan fingerprint density at radius 1 is 1.33 bits per heavy atom. The number of phenolic OH excluding ortho intramolecular Hbond substituents is 1. The standard InChI is InChI=1S/C17H19ClN2O/c1-3-4-5-6-7-8-13-12-20(2)19-17(13)15-11-14(18)9-10-16(15)21/h9-12,21H,3-6H2,1-2H3. The van der Waals surface area contributed by atoms with Crippen molar-refractivity contribution in [2.45, 2.75) is 32.6 Å². The van der Waals surface area contributed by atoms with Crippen molar-refractivity contribution < 1.29 is 5.11 Å². The molecule has 2 rings (SSSR count). The zero-order valence-electron chi connectivity index (χ0n) is 12.4. The highest BCUT2D eigenvalue weighted by molar-refractivity contribution is 6.31. The normalized spacial score (nSPS) is 10.2. The second-order valence-corrected chi connectivity index (χ2v) is 5.42. The van der Waals surface area contributed by atoms with Crippen molar-refractivity contribution in [1.82, 2.24) is 9.78 Å².